The van der Waals surface area contributed by atoms with Crippen LogP contribution in [0.3, 0.4) is 0 Å². The molecule has 1 aromatic carbocycles. The monoisotopic (exact) mass is 291 g/mol. The Kier molecular flexibility index (Phi) is 4.21. The number of carboxylic acid groups (broad SMARTS) is 1. The van der Waals surface area contributed by atoms with Gasteiger partial charge in [-0.3, -0.25) is 4.79 Å². The van der Waals surface area contributed by atoms with E-state index in [1.807, 2.05) is 32.0 Å². The summed E-state index contributed by atoms with van der Waals surface area (Å²) in [6.07, 6.45) is 1.67. The number of amides is 1. The molecule has 0 radical (unpaired) electrons. The maximum Gasteiger partial charge on any atom is 0.329 e. The summed E-state index contributed by atoms with van der Waals surface area (Å²) in [6, 6.07) is 5.71. The van der Waals surface area contributed by atoms with Crippen LogP contribution in [0.2, 0.25) is 0 Å². The van der Waals surface area contributed by atoms with Crippen LogP contribution in [0.15, 0.2) is 18.2 Å². The Labute approximate surface area is 124 Å². The van der Waals surface area contributed by atoms with Gasteiger partial charge in [0.05, 0.1) is 0 Å². The Hall–Kier alpha value is -2.04. The van der Waals surface area contributed by atoms with Crippen LogP contribution in [-0.4, -0.2) is 29.1 Å². The molecule has 114 valence electrons. The molecule has 2 N–H and O–H groups in total. The molecule has 0 saturated heterocycles. The first-order chi connectivity index (χ1) is 9.81. The van der Waals surface area contributed by atoms with Gasteiger partial charge in [-0.15, -0.1) is 0 Å². The highest BCUT2D eigenvalue weighted by molar-refractivity contribution is 5.88. The van der Waals surface area contributed by atoms with Gasteiger partial charge in [-0.05, 0) is 62.8 Å². The summed E-state index contributed by atoms with van der Waals surface area (Å²) in [5.74, 6) is -0.776. The molecule has 0 aliphatic heterocycles. The van der Waals surface area contributed by atoms with Crippen LogP contribution < -0.4 is 10.1 Å². The van der Waals surface area contributed by atoms with E-state index in [9.17, 15) is 14.7 Å². The number of ether oxygens (including phenoxy) is 1. The lowest BCUT2D eigenvalue weighted by atomic mass is 9.96. The van der Waals surface area contributed by atoms with Crippen LogP contribution >= 0.6 is 0 Å². The fourth-order valence-corrected chi connectivity index (χ4v) is 2.48. The maximum atomic E-state index is 11.9. The highest BCUT2D eigenvalue weighted by Crippen LogP contribution is 2.39. The van der Waals surface area contributed by atoms with Crippen LogP contribution in [0.1, 0.15) is 30.9 Å². The first kappa shape index (κ1) is 15.4. The average molecular weight is 291 g/mol. The molecular formula is C16H21NO4. The summed E-state index contributed by atoms with van der Waals surface area (Å²) in [5.41, 5.74) is 0.917. The minimum absolute atomic E-state index is 0.0140. The summed E-state index contributed by atoms with van der Waals surface area (Å²) in [6.45, 7) is 5.28. The molecule has 1 fully saturated rings. The number of hydrogen-bond acceptors (Lipinski definition) is 3. The first-order valence-electron chi connectivity index (χ1n) is 7.07. The molecule has 0 heterocycles. The van der Waals surface area contributed by atoms with Gasteiger partial charge in [-0.1, -0.05) is 6.07 Å². The van der Waals surface area contributed by atoms with Gasteiger partial charge < -0.3 is 15.2 Å². The summed E-state index contributed by atoms with van der Waals surface area (Å²) in [7, 11) is 0. The molecular weight excluding hydrogens is 270 g/mol. The quantitative estimate of drug-likeness (QED) is 0.841. The van der Waals surface area contributed by atoms with Crippen LogP contribution in [0.25, 0.3) is 0 Å². The number of rotatable bonds is 6. The zero-order chi connectivity index (χ0) is 15.6. The smallest absolute Gasteiger partial charge is 0.329 e. The van der Waals surface area contributed by atoms with Crippen molar-refractivity contribution in [2.24, 2.45) is 5.92 Å². The van der Waals surface area contributed by atoms with Gasteiger partial charge in [-0.2, -0.15) is 0 Å². The Morgan fingerprint density at radius 2 is 1.86 bits per heavy atom. The summed E-state index contributed by atoms with van der Waals surface area (Å²) in [5, 5.41) is 11.9. The van der Waals surface area contributed by atoms with Crippen molar-refractivity contribution in [3.63, 3.8) is 0 Å². The fourth-order valence-electron chi connectivity index (χ4n) is 2.48. The minimum Gasteiger partial charge on any atom is -0.484 e. The predicted molar refractivity (Wildman–Crippen MR) is 78.3 cm³/mol. The second-order valence-electron chi connectivity index (χ2n) is 5.94. The van der Waals surface area contributed by atoms with Crippen molar-refractivity contribution in [1.29, 1.82) is 0 Å². The molecule has 0 spiro atoms. The lowest BCUT2D eigenvalue weighted by Crippen LogP contribution is -2.55. The normalized spacial score (nSPS) is 16.9. The molecule has 1 amide bonds. The average Bonchev–Trinajstić information content (AvgIpc) is 3.19. The van der Waals surface area contributed by atoms with E-state index < -0.39 is 17.4 Å². The first-order valence-corrected chi connectivity index (χ1v) is 7.07. The summed E-state index contributed by atoms with van der Waals surface area (Å²) < 4.78 is 5.45. The highest BCUT2D eigenvalue weighted by atomic mass is 16.5. The van der Waals surface area contributed by atoms with Crippen molar-refractivity contribution in [1.82, 2.24) is 5.32 Å². The second kappa shape index (κ2) is 5.76. The third kappa shape index (κ3) is 3.74. The van der Waals surface area contributed by atoms with Gasteiger partial charge in [0.1, 0.15) is 11.3 Å². The van der Waals surface area contributed by atoms with Crippen LogP contribution in [0.4, 0.5) is 0 Å². The minimum atomic E-state index is -1.19. The largest absolute Gasteiger partial charge is 0.484 e. The zero-order valence-corrected chi connectivity index (χ0v) is 12.6. The number of carboxylic acids is 1. The molecule has 21 heavy (non-hydrogen) atoms. The molecule has 5 heteroatoms. The van der Waals surface area contributed by atoms with Gasteiger partial charge in [0.2, 0.25) is 0 Å². The number of aryl methyl sites for hydroxylation is 2. The Morgan fingerprint density at radius 3 is 2.33 bits per heavy atom. The number of benzene rings is 1. The van der Waals surface area contributed by atoms with Crippen molar-refractivity contribution < 1.29 is 19.4 Å². The number of aliphatic carboxylic acids is 1. The van der Waals surface area contributed by atoms with E-state index in [-0.39, 0.29) is 12.5 Å². The van der Waals surface area contributed by atoms with Crippen LogP contribution in [-0.2, 0) is 9.59 Å². The SMILES string of the molecule is Cc1cc(C)cc(OCC(=O)NC(C)(C(=O)O)C2CC2)c1. The van der Waals surface area contributed by atoms with E-state index in [2.05, 4.69) is 5.32 Å². The van der Waals surface area contributed by atoms with Crippen molar-refractivity contribution in [3.05, 3.63) is 29.3 Å². The lowest BCUT2D eigenvalue weighted by molar-refractivity contribution is -0.148. The third-order valence-electron chi connectivity index (χ3n) is 3.80. The van der Waals surface area contributed by atoms with Gasteiger partial charge in [0, 0.05) is 0 Å². The molecule has 1 aliphatic rings. The second-order valence-corrected chi connectivity index (χ2v) is 5.94. The Morgan fingerprint density at radius 1 is 1.29 bits per heavy atom. The standard InChI is InChI=1S/C16H21NO4/c1-10-6-11(2)8-13(7-10)21-9-14(18)17-16(3,15(19)20)12-4-5-12/h6-8,12H,4-5,9H2,1-3H3,(H,17,18)(H,19,20). The van der Waals surface area contributed by atoms with E-state index in [0.717, 1.165) is 24.0 Å². The van der Waals surface area contributed by atoms with E-state index in [0.29, 0.717) is 5.75 Å². The van der Waals surface area contributed by atoms with Crippen molar-refractivity contribution >= 4 is 11.9 Å². The number of nitrogens with one attached hydrogen (secondary N) is 1. The molecule has 0 bridgehead atoms. The van der Waals surface area contributed by atoms with E-state index in [4.69, 9.17) is 4.74 Å². The summed E-state index contributed by atoms with van der Waals surface area (Å²) in [4.78, 5) is 23.3. The van der Waals surface area contributed by atoms with Crippen molar-refractivity contribution in [2.75, 3.05) is 6.61 Å². The molecule has 1 atom stereocenters. The molecule has 1 unspecified atom stereocenters. The number of hydrogen-bond donors (Lipinski definition) is 2. The van der Waals surface area contributed by atoms with E-state index >= 15 is 0 Å². The van der Waals surface area contributed by atoms with Crippen LogP contribution in [0.5, 0.6) is 5.75 Å². The molecule has 1 saturated carbocycles. The van der Waals surface area contributed by atoms with Crippen LogP contribution in [0, 0.1) is 19.8 Å². The molecule has 1 aromatic rings. The summed E-state index contributed by atoms with van der Waals surface area (Å²) >= 11 is 0. The van der Waals surface area contributed by atoms with Gasteiger partial charge in [0.15, 0.2) is 6.61 Å². The van der Waals surface area contributed by atoms with E-state index in [1.54, 1.807) is 6.92 Å². The Bertz CT molecular complexity index is 545. The highest BCUT2D eigenvalue weighted by Gasteiger charge is 2.48. The van der Waals surface area contributed by atoms with Crippen molar-refractivity contribution in [2.45, 2.75) is 39.2 Å². The van der Waals surface area contributed by atoms with Gasteiger partial charge >= 0.3 is 5.97 Å². The van der Waals surface area contributed by atoms with E-state index in [1.165, 1.54) is 0 Å². The topological polar surface area (TPSA) is 75.6 Å². The predicted octanol–water partition coefficient (Wildman–Crippen LogP) is 2.05. The van der Waals surface area contributed by atoms with Gasteiger partial charge in [0.25, 0.3) is 5.91 Å². The van der Waals surface area contributed by atoms with Gasteiger partial charge in [-0.25, -0.2) is 4.79 Å². The number of carbonyl (C=O) groups is 2. The molecule has 5 nitrogen and oxygen atoms in total. The molecule has 1 aliphatic carbocycles. The molecule has 0 aromatic heterocycles. The number of carbonyl (C=O) groups excluding carboxylic acids is 1. The maximum absolute atomic E-state index is 11.9. The zero-order valence-electron chi connectivity index (χ0n) is 12.6. The van der Waals surface area contributed by atoms with Crippen molar-refractivity contribution in [3.8, 4) is 5.75 Å². The Balaban J connectivity index is 1.94. The fraction of sp³-hybridized carbons (Fsp3) is 0.500. The lowest BCUT2D eigenvalue weighted by Gasteiger charge is -2.26. The molecule has 2 rings (SSSR count). The third-order valence-corrected chi connectivity index (χ3v) is 3.80.